The minimum atomic E-state index is -5.05. The molecule has 1 N–H and O–H groups in total. The molecule has 4 rings (SSSR count). The van der Waals surface area contributed by atoms with Crippen LogP contribution in [-0.4, -0.2) is 36.9 Å². The fraction of sp³-hybridized carbons (Fsp3) is 0.556. The number of benzene rings is 1. The average molecular weight is 498 g/mol. The van der Waals surface area contributed by atoms with Crippen molar-refractivity contribution in [1.29, 1.82) is 0 Å². The maximum Gasteiger partial charge on any atom is 0.507 e. The summed E-state index contributed by atoms with van der Waals surface area (Å²) in [7, 11) is -3.79. The zero-order valence-electron chi connectivity index (χ0n) is 16.6. The lowest BCUT2D eigenvalue weighted by atomic mass is 9.75. The Morgan fingerprint density at radius 2 is 1.72 bits per heavy atom. The topological polar surface area (TPSA) is 103 Å². The summed E-state index contributed by atoms with van der Waals surface area (Å²) in [6.07, 6.45) is -6.30. The van der Waals surface area contributed by atoms with Crippen LogP contribution < -0.4 is 19.5 Å². The standard InChI is InChI=1S/C18H18F4N2O6S2/c1-16(7-3-2-4-8-16)14(25)23-10-5-6-11(28-15-24-32(26,27)9-31-15)13-12(10)29-17(19,20)18(21,22)30-13/h5-6H,2-4,7-9H2,1H3,(H,23,25). The smallest absolute Gasteiger partial charge is 0.429 e. The number of hydrogen-bond donors (Lipinski definition) is 1. The Labute approximate surface area is 184 Å². The van der Waals surface area contributed by atoms with Crippen molar-refractivity contribution in [1.82, 2.24) is 0 Å². The summed E-state index contributed by atoms with van der Waals surface area (Å²) in [5.74, 6) is -2.78. The first-order valence-electron chi connectivity index (χ1n) is 9.57. The molecule has 1 aromatic rings. The number of ether oxygens (including phenoxy) is 3. The van der Waals surface area contributed by atoms with E-state index in [0.29, 0.717) is 24.6 Å². The summed E-state index contributed by atoms with van der Waals surface area (Å²) in [6.45, 7) is 1.74. The van der Waals surface area contributed by atoms with Crippen LogP contribution in [0.4, 0.5) is 23.2 Å². The average Bonchev–Trinajstić information content (AvgIpc) is 3.04. The number of rotatable bonds is 3. The highest BCUT2D eigenvalue weighted by atomic mass is 32.3. The predicted molar refractivity (Wildman–Crippen MR) is 107 cm³/mol. The number of carbonyl (C=O) groups is 1. The van der Waals surface area contributed by atoms with Gasteiger partial charge in [-0.15, -0.1) is 4.40 Å². The van der Waals surface area contributed by atoms with Gasteiger partial charge < -0.3 is 19.5 Å². The van der Waals surface area contributed by atoms with Gasteiger partial charge in [0.25, 0.3) is 15.3 Å². The third-order valence-corrected chi connectivity index (χ3v) is 8.02. The molecular weight excluding hydrogens is 480 g/mol. The first kappa shape index (κ1) is 23.0. The number of nitrogens with zero attached hydrogens (tertiary/aromatic N) is 1. The molecule has 0 bridgehead atoms. The normalized spacial score (nSPS) is 24.3. The van der Waals surface area contributed by atoms with Crippen molar-refractivity contribution >= 4 is 38.6 Å². The van der Waals surface area contributed by atoms with Gasteiger partial charge in [0.15, 0.2) is 11.5 Å². The van der Waals surface area contributed by atoms with Crippen LogP contribution in [0.15, 0.2) is 16.5 Å². The van der Waals surface area contributed by atoms with Crippen molar-refractivity contribution in [2.45, 2.75) is 51.2 Å². The van der Waals surface area contributed by atoms with E-state index in [1.807, 2.05) is 0 Å². The minimum absolute atomic E-state index is 0.312. The van der Waals surface area contributed by atoms with Gasteiger partial charge in [0.1, 0.15) is 5.08 Å². The van der Waals surface area contributed by atoms with Gasteiger partial charge in [-0.05, 0) is 36.7 Å². The number of alkyl halides is 4. The number of fused-ring (bicyclic) bond motifs is 1. The fourth-order valence-electron chi connectivity index (χ4n) is 3.56. The highest BCUT2D eigenvalue weighted by Crippen LogP contribution is 2.54. The number of sulfonamides is 1. The van der Waals surface area contributed by atoms with Crippen LogP contribution >= 0.6 is 11.8 Å². The lowest BCUT2D eigenvalue weighted by molar-refractivity contribution is -0.391. The summed E-state index contributed by atoms with van der Waals surface area (Å²) in [5.41, 5.74) is -1.07. The number of amides is 1. The van der Waals surface area contributed by atoms with Crippen LogP contribution in [0.25, 0.3) is 0 Å². The number of halogens is 4. The Morgan fingerprint density at radius 3 is 2.31 bits per heavy atom. The lowest BCUT2D eigenvalue weighted by Crippen LogP contribution is -2.52. The highest BCUT2D eigenvalue weighted by Gasteiger charge is 2.67. The third-order valence-electron chi connectivity index (χ3n) is 5.37. The molecule has 2 aliphatic heterocycles. The van der Waals surface area contributed by atoms with E-state index < -0.39 is 61.1 Å². The SMILES string of the molecule is CC1(C(=O)Nc2ccc(OC3=NS(=O)(=O)CS3)c3c2OC(F)(F)C(F)(F)O3)CCCCC1. The zero-order valence-corrected chi connectivity index (χ0v) is 18.3. The molecule has 0 unspecified atom stereocenters. The van der Waals surface area contributed by atoms with E-state index in [0.717, 1.165) is 31.4 Å². The third kappa shape index (κ3) is 4.21. The van der Waals surface area contributed by atoms with Gasteiger partial charge in [-0.1, -0.05) is 26.2 Å². The second-order valence-corrected chi connectivity index (χ2v) is 10.8. The zero-order chi connectivity index (χ0) is 23.4. The van der Waals surface area contributed by atoms with Crippen LogP contribution in [-0.2, 0) is 14.8 Å². The molecule has 8 nitrogen and oxygen atoms in total. The summed E-state index contributed by atoms with van der Waals surface area (Å²) < 4.78 is 95.4. The van der Waals surface area contributed by atoms with Crippen molar-refractivity contribution in [3.8, 4) is 17.2 Å². The Bertz CT molecular complexity index is 1090. The molecule has 0 aromatic heterocycles. The molecule has 1 amide bonds. The van der Waals surface area contributed by atoms with E-state index in [-0.39, 0.29) is 5.69 Å². The molecule has 0 radical (unpaired) electrons. The van der Waals surface area contributed by atoms with Crippen molar-refractivity contribution in [3.05, 3.63) is 12.1 Å². The van der Waals surface area contributed by atoms with Gasteiger partial charge in [0.05, 0.1) is 5.69 Å². The molecule has 1 fully saturated rings. The van der Waals surface area contributed by atoms with Crippen LogP contribution in [0, 0.1) is 5.41 Å². The van der Waals surface area contributed by atoms with Gasteiger partial charge in [0, 0.05) is 5.41 Å². The van der Waals surface area contributed by atoms with Gasteiger partial charge in [-0.2, -0.15) is 17.6 Å². The molecule has 176 valence electrons. The number of carbonyl (C=O) groups excluding carboxylic acids is 1. The molecule has 1 saturated carbocycles. The Morgan fingerprint density at radius 1 is 1.09 bits per heavy atom. The molecule has 1 aliphatic carbocycles. The van der Waals surface area contributed by atoms with Crippen molar-refractivity contribution in [2.24, 2.45) is 9.81 Å². The lowest BCUT2D eigenvalue weighted by Gasteiger charge is -2.35. The highest BCUT2D eigenvalue weighted by molar-refractivity contribution is 8.24. The predicted octanol–water partition coefficient (Wildman–Crippen LogP) is 4.32. The molecular formula is C18H18F4N2O6S2. The molecule has 32 heavy (non-hydrogen) atoms. The summed E-state index contributed by atoms with van der Waals surface area (Å²) in [6, 6.07) is 2.18. The number of hydrogen-bond acceptors (Lipinski definition) is 7. The quantitative estimate of drug-likeness (QED) is 0.619. The van der Waals surface area contributed by atoms with Gasteiger partial charge in [-0.3, -0.25) is 4.79 Å². The summed E-state index contributed by atoms with van der Waals surface area (Å²) in [5, 5.41) is 1.64. The van der Waals surface area contributed by atoms with Crippen molar-refractivity contribution < 1.29 is 45.0 Å². The van der Waals surface area contributed by atoms with Gasteiger partial charge in [0.2, 0.25) is 11.7 Å². The van der Waals surface area contributed by atoms with E-state index >= 15 is 0 Å². The van der Waals surface area contributed by atoms with E-state index in [9.17, 15) is 30.8 Å². The first-order valence-corrected chi connectivity index (χ1v) is 12.2. The molecule has 0 spiro atoms. The van der Waals surface area contributed by atoms with E-state index in [1.54, 1.807) is 6.92 Å². The van der Waals surface area contributed by atoms with Crippen molar-refractivity contribution in [2.75, 3.05) is 10.4 Å². The monoisotopic (exact) mass is 498 g/mol. The maximum absolute atomic E-state index is 13.9. The molecule has 14 heteroatoms. The minimum Gasteiger partial charge on any atom is -0.429 e. The molecule has 3 aliphatic rings. The Hall–Kier alpha value is -2.22. The number of thioether (sulfide) groups is 1. The largest absolute Gasteiger partial charge is 0.507 e. The van der Waals surface area contributed by atoms with Crippen LogP contribution in [0.3, 0.4) is 0 Å². The van der Waals surface area contributed by atoms with E-state index in [4.69, 9.17) is 4.74 Å². The first-order chi connectivity index (χ1) is 14.8. The molecule has 1 aromatic carbocycles. The number of nitrogens with one attached hydrogen (secondary N) is 1. The van der Waals surface area contributed by atoms with Gasteiger partial charge in [-0.25, -0.2) is 8.42 Å². The maximum atomic E-state index is 13.9. The summed E-state index contributed by atoms with van der Waals surface area (Å²) >= 11 is 0.666. The Balaban J connectivity index is 1.70. The second-order valence-electron chi connectivity index (χ2n) is 7.89. The molecule has 0 saturated heterocycles. The fourth-order valence-corrected chi connectivity index (χ4v) is 5.74. The van der Waals surface area contributed by atoms with Crippen LogP contribution in [0.2, 0.25) is 0 Å². The molecule has 0 atom stereocenters. The number of anilines is 1. The Kier molecular flexibility index (Phi) is 5.51. The van der Waals surface area contributed by atoms with Gasteiger partial charge >= 0.3 is 12.2 Å². The second kappa shape index (κ2) is 7.68. The van der Waals surface area contributed by atoms with E-state index in [1.165, 1.54) is 0 Å². The van der Waals surface area contributed by atoms with E-state index in [2.05, 4.69) is 19.2 Å². The summed E-state index contributed by atoms with van der Waals surface area (Å²) in [4.78, 5) is 12.8. The van der Waals surface area contributed by atoms with Crippen molar-refractivity contribution in [3.63, 3.8) is 0 Å². The van der Waals surface area contributed by atoms with Crippen LogP contribution in [0.5, 0.6) is 17.2 Å². The van der Waals surface area contributed by atoms with Crippen LogP contribution in [0.1, 0.15) is 39.0 Å². The molecule has 2 heterocycles.